The number of aromatic nitrogens is 4. The Morgan fingerprint density at radius 1 is 1.35 bits per heavy atom. The van der Waals surface area contributed by atoms with Crippen LogP contribution in [0.3, 0.4) is 0 Å². The molecule has 7 nitrogen and oxygen atoms in total. The summed E-state index contributed by atoms with van der Waals surface area (Å²) in [5, 5.41) is 10.8. The van der Waals surface area contributed by atoms with Crippen LogP contribution in [0.4, 0.5) is 13.2 Å². The minimum absolute atomic E-state index is 0.135. The van der Waals surface area contributed by atoms with Crippen molar-refractivity contribution in [3.8, 4) is 0 Å². The van der Waals surface area contributed by atoms with Crippen molar-refractivity contribution < 1.29 is 22.5 Å². The molecular formula is C13H14F3N5O2. The van der Waals surface area contributed by atoms with Gasteiger partial charge in [-0.2, -0.15) is 13.2 Å². The molecule has 1 amide bonds. The second kappa shape index (κ2) is 5.67. The highest BCUT2D eigenvalue weighted by Gasteiger charge is 2.41. The summed E-state index contributed by atoms with van der Waals surface area (Å²) in [6, 6.07) is 0. The van der Waals surface area contributed by atoms with E-state index in [1.54, 1.807) is 6.33 Å². The number of hydrogen-bond donors (Lipinski definition) is 0. The van der Waals surface area contributed by atoms with E-state index in [4.69, 9.17) is 0 Å². The average molecular weight is 329 g/mol. The Kier molecular flexibility index (Phi) is 3.82. The Bertz CT molecular complexity index is 701. The van der Waals surface area contributed by atoms with E-state index in [-0.39, 0.29) is 5.92 Å². The predicted octanol–water partition coefficient (Wildman–Crippen LogP) is 1.84. The molecule has 0 spiro atoms. The minimum atomic E-state index is -4.71. The quantitative estimate of drug-likeness (QED) is 0.840. The van der Waals surface area contributed by atoms with Crippen LogP contribution in [-0.4, -0.2) is 43.8 Å². The third-order valence-corrected chi connectivity index (χ3v) is 3.96. The maximum atomic E-state index is 12.8. The Balaban J connectivity index is 1.70. The van der Waals surface area contributed by atoms with Gasteiger partial charge in [-0.1, -0.05) is 5.16 Å². The highest BCUT2D eigenvalue weighted by atomic mass is 19.4. The van der Waals surface area contributed by atoms with Crippen LogP contribution in [0.1, 0.15) is 40.6 Å². The molecule has 3 rings (SSSR count). The number of hydrogen-bond acceptors (Lipinski definition) is 5. The van der Waals surface area contributed by atoms with Crippen LogP contribution in [-0.2, 0) is 13.2 Å². The summed E-state index contributed by atoms with van der Waals surface area (Å²) in [7, 11) is 1.83. The molecular weight excluding hydrogens is 315 g/mol. The smallest absolute Gasteiger partial charge is 0.363 e. The lowest BCUT2D eigenvalue weighted by molar-refractivity contribution is -0.143. The second-order valence-electron chi connectivity index (χ2n) is 5.44. The van der Waals surface area contributed by atoms with Gasteiger partial charge >= 0.3 is 6.18 Å². The molecule has 0 N–H and O–H groups in total. The maximum Gasteiger partial charge on any atom is 0.437 e. The number of alkyl halides is 3. The fourth-order valence-corrected chi connectivity index (χ4v) is 2.77. The Labute approximate surface area is 129 Å². The summed E-state index contributed by atoms with van der Waals surface area (Å²) in [5.74, 6) is 0.240. The molecule has 0 saturated carbocycles. The van der Waals surface area contributed by atoms with Crippen molar-refractivity contribution >= 4 is 5.91 Å². The van der Waals surface area contributed by atoms with E-state index in [0.29, 0.717) is 25.9 Å². The van der Waals surface area contributed by atoms with E-state index in [9.17, 15) is 18.0 Å². The number of likely N-dealkylation sites (tertiary alicyclic amines) is 1. The molecule has 23 heavy (non-hydrogen) atoms. The molecule has 1 aliphatic heterocycles. The fraction of sp³-hybridized carbons (Fsp3) is 0.538. The van der Waals surface area contributed by atoms with Gasteiger partial charge < -0.3 is 14.0 Å². The van der Waals surface area contributed by atoms with Crippen molar-refractivity contribution in [3.63, 3.8) is 0 Å². The third kappa shape index (κ3) is 2.92. The van der Waals surface area contributed by atoms with Crippen molar-refractivity contribution in [2.75, 3.05) is 13.1 Å². The highest BCUT2D eigenvalue weighted by Crippen LogP contribution is 2.32. The number of carbonyl (C=O) groups excluding carboxylic acids is 1. The first-order chi connectivity index (χ1) is 10.9. The number of nitrogens with zero attached hydrogens (tertiary/aromatic N) is 5. The summed E-state index contributed by atoms with van der Waals surface area (Å²) in [6.07, 6.45) is -1.13. The third-order valence-electron chi connectivity index (χ3n) is 3.96. The van der Waals surface area contributed by atoms with Crippen LogP contribution in [0.2, 0.25) is 0 Å². The standard InChI is InChI=1S/C13H14F3N5O2/c1-20-7-17-18-11(20)8-2-4-21(5-3-8)12(22)9-6-23-19-10(9)13(14,15)16/h6-8H,2-5H2,1H3. The molecule has 0 aliphatic carbocycles. The number of aryl methyl sites for hydroxylation is 1. The van der Waals surface area contributed by atoms with Crippen LogP contribution < -0.4 is 0 Å². The molecule has 0 atom stereocenters. The first-order valence-corrected chi connectivity index (χ1v) is 7.02. The molecule has 2 aromatic heterocycles. The van der Waals surface area contributed by atoms with E-state index in [2.05, 4.69) is 19.9 Å². The van der Waals surface area contributed by atoms with Gasteiger partial charge in [0, 0.05) is 26.1 Å². The largest absolute Gasteiger partial charge is 0.437 e. The van der Waals surface area contributed by atoms with Gasteiger partial charge in [-0.05, 0) is 12.8 Å². The van der Waals surface area contributed by atoms with Crippen LogP contribution in [0, 0.1) is 0 Å². The van der Waals surface area contributed by atoms with Gasteiger partial charge in [0.05, 0.1) is 0 Å². The van der Waals surface area contributed by atoms with Gasteiger partial charge in [-0.15, -0.1) is 10.2 Å². The highest BCUT2D eigenvalue weighted by molar-refractivity contribution is 5.95. The summed E-state index contributed by atoms with van der Waals surface area (Å²) in [5.41, 5.74) is -1.83. The number of rotatable bonds is 2. The zero-order valence-corrected chi connectivity index (χ0v) is 12.2. The first-order valence-electron chi connectivity index (χ1n) is 7.02. The van der Waals surface area contributed by atoms with Gasteiger partial charge in [0.1, 0.15) is 24.0 Å². The maximum absolute atomic E-state index is 12.8. The average Bonchev–Trinajstić information content (AvgIpc) is 3.15. The van der Waals surface area contributed by atoms with Gasteiger partial charge in [0.25, 0.3) is 5.91 Å². The molecule has 2 aromatic rings. The lowest BCUT2D eigenvalue weighted by Crippen LogP contribution is -2.39. The topological polar surface area (TPSA) is 77.0 Å². The molecule has 1 aliphatic rings. The van der Waals surface area contributed by atoms with Crippen LogP contribution >= 0.6 is 0 Å². The minimum Gasteiger partial charge on any atom is -0.363 e. The monoisotopic (exact) mass is 329 g/mol. The summed E-state index contributed by atoms with van der Waals surface area (Å²) < 4.78 is 44.5. The lowest BCUT2D eigenvalue weighted by Gasteiger charge is -2.31. The SMILES string of the molecule is Cn1cnnc1C1CCN(C(=O)c2conc2C(F)(F)F)CC1. The molecule has 0 unspecified atom stereocenters. The van der Waals surface area contributed by atoms with Gasteiger partial charge in [-0.25, -0.2) is 0 Å². The van der Waals surface area contributed by atoms with Crippen molar-refractivity contribution in [3.05, 3.63) is 29.7 Å². The Hall–Kier alpha value is -2.39. The Morgan fingerprint density at radius 2 is 2.04 bits per heavy atom. The van der Waals surface area contributed by atoms with Crippen molar-refractivity contribution in [2.45, 2.75) is 24.9 Å². The first kappa shape index (κ1) is 15.5. The zero-order chi connectivity index (χ0) is 16.6. The van der Waals surface area contributed by atoms with Crippen LogP contribution in [0.5, 0.6) is 0 Å². The normalized spacial score (nSPS) is 16.8. The molecule has 3 heterocycles. The van der Waals surface area contributed by atoms with Crippen LogP contribution in [0.25, 0.3) is 0 Å². The molecule has 1 fully saturated rings. The van der Waals surface area contributed by atoms with E-state index >= 15 is 0 Å². The van der Waals surface area contributed by atoms with Crippen molar-refractivity contribution in [1.29, 1.82) is 0 Å². The van der Waals surface area contributed by atoms with E-state index < -0.39 is 23.3 Å². The van der Waals surface area contributed by atoms with E-state index in [0.717, 1.165) is 12.1 Å². The number of amides is 1. The molecule has 0 radical (unpaired) electrons. The molecule has 124 valence electrons. The molecule has 10 heteroatoms. The molecule has 1 saturated heterocycles. The summed E-state index contributed by atoms with van der Waals surface area (Å²) in [6.45, 7) is 0.692. The Morgan fingerprint density at radius 3 is 2.61 bits per heavy atom. The van der Waals surface area contributed by atoms with Crippen molar-refractivity contribution in [2.24, 2.45) is 7.05 Å². The number of piperidine rings is 1. The molecule has 0 aromatic carbocycles. The zero-order valence-electron chi connectivity index (χ0n) is 12.2. The van der Waals surface area contributed by atoms with Crippen LogP contribution in [0.15, 0.2) is 17.1 Å². The van der Waals surface area contributed by atoms with E-state index in [1.807, 2.05) is 11.6 Å². The second-order valence-corrected chi connectivity index (χ2v) is 5.44. The summed E-state index contributed by atoms with van der Waals surface area (Å²) >= 11 is 0. The van der Waals surface area contributed by atoms with E-state index in [1.165, 1.54) is 4.90 Å². The fourth-order valence-electron chi connectivity index (χ4n) is 2.77. The predicted molar refractivity (Wildman–Crippen MR) is 70.4 cm³/mol. The van der Waals surface area contributed by atoms with Crippen molar-refractivity contribution in [1.82, 2.24) is 24.8 Å². The molecule has 0 bridgehead atoms. The number of halogens is 3. The summed E-state index contributed by atoms with van der Waals surface area (Å²) in [4.78, 5) is 13.7. The van der Waals surface area contributed by atoms with Gasteiger partial charge in [-0.3, -0.25) is 4.79 Å². The lowest BCUT2D eigenvalue weighted by atomic mass is 9.95. The number of carbonyl (C=O) groups is 1. The van der Waals surface area contributed by atoms with Gasteiger partial charge in [0.15, 0.2) is 5.69 Å². The van der Waals surface area contributed by atoms with Gasteiger partial charge in [0.2, 0.25) is 0 Å².